The quantitative estimate of drug-likeness (QED) is 0.795. The van der Waals surface area contributed by atoms with E-state index in [9.17, 15) is 4.79 Å². The molecular formula is C10H13ClN2O. The summed E-state index contributed by atoms with van der Waals surface area (Å²) in [5, 5.41) is 3.30. The lowest BCUT2D eigenvalue weighted by Crippen LogP contribution is -2.29. The molecule has 0 aliphatic carbocycles. The summed E-state index contributed by atoms with van der Waals surface area (Å²) in [5.74, 6) is -0.129. The lowest BCUT2D eigenvalue weighted by molar-refractivity contribution is 0.0954. The molecule has 0 bridgehead atoms. The van der Waals surface area contributed by atoms with Gasteiger partial charge in [-0.3, -0.25) is 4.79 Å². The van der Waals surface area contributed by atoms with Crippen molar-refractivity contribution < 1.29 is 4.79 Å². The topological polar surface area (TPSA) is 55.1 Å². The number of nitrogens with two attached hydrogens (primary N) is 1. The van der Waals surface area contributed by atoms with Crippen LogP contribution in [0.4, 0.5) is 0 Å². The first-order valence-electron chi connectivity index (χ1n) is 4.40. The lowest BCUT2D eigenvalue weighted by Gasteiger charge is -2.07. The Morgan fingerprint density at radius 1 is 1.57 bits per heavy atom. The molecule has 14 heavy (non-hydrogen) atoms. The van der Waals surface area contributed by atoms with Gasteiger partial charge in [-0.25, -0.2) is 0 Å². The monoisotopic (exact) mass is 212 g/mol. The van der Waals surface area contributed by atoms with Crippen LogP contribution in [0.15, 0.2) is 18.2 Å². The summed E-state index contributed by atoms with van der Waals surface area (Å²) in [6.45, 7) is 2.73. The fraction of sp³-hybridized carbons (Fsp3) is 0.300. The van der Waals surface area contributed by atoms with Crippen LogP contribution < -0.4 is 11.1 Å². The Morgan fingerprint density at radius 2 is 2.29 bits per heavy atom. The van der Waals surface area contributed by atoms with E-state index in [4.69, 9.17) is 17.3 Å². The summed E-state index contributed by atoms with van der Waals surface area (Å²) in [6.07, 6.45) is 0. The molecule has 3 N–H and O–H groups in total. The summed E-state index contributed by atoms with van der Waals surface area (Å²) >= 11 is 5.89. The second kappa shape index (κ2) is 4.98. The van der Waals surface area contributed by atoms with Gasteiger partial charge in [-0.15, -0.1) is 0 Å². The van der Waals surface area contributed by atoms with E-state index in [1.165, 1.54) is 0 Å². The summed E-state index contributed by atoms with van der Waals surface area (Å²) in [6, 6.07) is 5.26. The fourth-order valence-electron chi connectivity index (χ4n) is 1.13. The van der Waals surface area contributed by atoms with Crippen LogP contribution in [-0.4, -0.2) is 19.0 Å². The molecule has 3 nitrogen and oxygen atoms in total. The summed E-state index contributed by atoms with van der Waals surface area (Å²) < 4.78 is 0. The molecular weight excluding hydrogens is 200 g/mol. The fourth-order valence-corrected chi connectivity index (χ4v) is 1.31. The number of carbonyl (C=O) groups is 1. The molecule has 0 aliphatic heterocycles. The predicted octanol–water partition coefficient (Wildman–Crippen LogP) is 1.34. The highest BCUT2D eigenvalue weighted by Gasteiger charge is 2.09. The van der Waals surface area contributed by atoms with Crippen molar-refractivity contribution in [3.8, 4) is 0 Å². The molecule has 0 fully saturated rings. The molecule has 0 spiro atoms. The van der Waals surface area contributed by atoms with Crippen LogP contribution in [0.25, 0.3) is 0 Å². The Kier molecular flexibility index (Phi) is 3.92. The van der Waals surface area contributed by atoms with Gasteiger partial charge in [0, 0.05) is 23.7 Å². The van der Waals surface area contributed by atoms with E-state index in [1.54, 1.807) is 18.2 Å². The van der Waals surface area contributed by atoms with Gasteiger partial charge in [0.2, 0.25) is 0 Å². The van der Waals surface area contributed by atoms with Crippen molar-refractivity contribution in [1.29, 1.82) is 0 Å². The Bertz CT molecular complexity index is 339. The number of rotatable bonds is 3. The molecule has 1 amide bonds. The predicted molar refractivity (Wildman–Crippen MR) is 57.6 cm³/mol. The third kappa shape index (κ3) is 2.47. The van der Waals surface area contributed by atoms with Gasteiger partial charge in [-0.1, -0.05) is 17.7 Å². The molecule has 0 heterocycles. The molecule has 0 aliphatic rings. The average Bonchev–Trinajstić information content (AvgIpc) is 2.18. The van der Waals surface area contributed by atoms with Gasteiger partial charge in [-0.2, -0.15) is 0 Å². The highest BCUT2D eigenvalue weighted by atomic mass is 35.5. The second-order valence-electron chi connectivity index (χ2n) is 2.96. The van der Waals surface area contributed by atoms with E-state index >= 15 is 0 Å². The van der Waals surface area contributed by atoms with Gasteiger partial charge in [0.15, 0.2) is 0 Å². The van der Waals surface area contributed by atoms with Crippen LogP contribution in [0.1, 0.15) is 15.9 Å². The van der Waals surface area contributed by atoms with E-state index in [0.717, 1.165) is 5.56 Å². The zero-order valence-corrected chi connectivity index (χ0v) is 8.77. The van der Waals surface area contributed by atoms with Gasteiger partial charge in [0.1, 0.15) is 0 Å². The van der Waals surface area contributed by atoms with E-state index < -0.39 is 0 Å². The number of hydrogen-bond acceptors (Lipinski definition) is 2. The Labute approximate surface area is 88.2 Å². The van der Waals surface area contributed by atoms with E-state index in [1.807, 2.05) is 6.92 Å². The van der Waals surface area contributed by atoms with Gasteiger partial charge >= 0.3 is 0 Å². The summed E-state index contributed by atoms with van der Waals surface area (Å²) in [5.41, 5.74) is 6.68. The maximum atomic E-state index is 11.6. The molecule has 0 atom stereocenters. The van der Waals surface area contributed by atoms with Crippen LogP contribution in [-0.2, 0) is 0 Å². The highest BCUT2D eigenvalue weighted by Crippen LogP contribution is 2.18. The summed E-state index contributed by atoms with van der Waals surface area (Å²) in [7, 11) is 0. The molecule has 0 radical (unpaired) electrons. The van der Waals surface area contributed by atoms with Crippen LogP contribution in [0.5, 0.6) is 0 Å². The van der Waals surface area contributed by atoms with Crippen LogP contribution >= 0.6 is 11.6 Å². The highest BCUT2D eigenvalue weighted by molar-refractivity contribution is 6.31. The maximum Gasteiger partial charge on any atom is 0.251 e. The van der Waals surface area contributed by atoms with E-state index in [-0.39, 0.29) is 5.91 Å². The third-order valence-corrected chi connectivity index (χ3v) is 2.35. The zero-order chi connectivity index (χ0) is 10.6. The lowest BCUT2D eigenvalue weighted by atomic mass is 10.1. The van der Waals surface area contributed by atoms with Crippen molar-refractivity contribution in [2.75, 3.05) is 13.1 Å². The number of nitrogens with one attached hydrogen (secondary N) is 1. The first kappa shape index (κ1) is 11.0. The Hall–Kier alpha value is -1.06. The van der Waals surface area contributed by atoms with Crippen LogP contribution in [0, 0.1) is 6.92 Å². The molecule has 1 aromatic carbocycles. The Morgan fingerprint density at radius 3 is 2.93 bits per heavy atom. The second-order valence-corrected chi connectivity index (χ2v) is 3.36. The average molecular weight is 213 g/mol. The molecule has 1 rings (SSSR count). The van der Waals surface area contributed by atoms with Crippen LogP contribution in [0.3, 0.4) is 0 Å². The zero-order valence-electron chi connectivity index (χ0n) is 8.01. The van der Waals surface area contributed by atoms with Crippen molar-refractivity contribution in [2.45, 2.75) is 6.92 Å². The molecule has 0 saturated heterocycles. The summed E-state index contributed by atoms with van der Waals surface area (Å²) in [4.78, 5) is 11.6. The van der Waals surface area contributed by atoms with Gasteiger partial charge in [0.05, 0.1) is 0 Å². The minimum atomic E-state index is -0.129. The number of hydrogen-bond donors (Lipinski definition) is 2. The molecule has 0 saturated carbocycles. The van der Waals surface area contributed by atoms with Crippen molar-refractivity contribution in [1.82, 2.24) is 5.32 Å². The molecule has 1 aromatic rings. The molecule has 0 unspecified atom stereocenters. The first-order chi connectivity index (χ1) is 6.66. The molecule has 76 valence electrons. The van der Waals surface area contributed by atoms with Gasteiger partial charge in [-0.05, 0) is 24.6 Å². The normalized spacial score (nSPS) is 9.93. The van der Waals surface area contributed by atoms with Gasteiger partial charge < -0.3 is 11.1 Å². The standard InChI is InChI=1S/C10H13ClN2O/c1-7-8(3-2-4-9(7)11)10(14)13-6-5-12/h2-4H,5-6,12H2,1H3,(H,13,14). The van der Waals surface area contributed by atoms with E-state index in [2.05, 4.69) is 5.32 Å². The number of amides is 1. The SMILES string of the molecule is Cc1c(Cl)cccc1C(=O)NCCN. The maximum absolute atomic E-state index is 11.6. The van der Waals surface area contributed by atoms with E-state index in [0.29, 0.717) is 23.7 Å². The Balaban J connectivity index is 2.84. The van der Waals surface area contributed by atoms with Crippen molar-refractivity contribution in [2.24, 2.45) is 5.73 Å². The smallest absolute Gasteiger partial charge is 0.251 e. The van der Waals surface area contributed by atoms with Crippen molar-refractivity contribution in [3.05, 3.63) is 34.3 Å². The molecule has 0 aromatic heterocycles. The first-order valence-corrected chi connectivity index (χ1v) is 4.78. The largest absolute Gasteiger partial charge is 0.351 e. The van der Waals surface area contributed by atoms with Crippen LogP contribution in [0.2, 0.25) is 5.02 Å². The number of benzene rings is 1. The minimum absolute atomic E-state index is 0.129. The van der Waals surface area contributed by atoms with Gasteiger partial charge in [0.25, 0.3) is 5.91 Å². The van der Waals surface area contributed by atoms with Crippen molar-refractivity contribution in [3.63, 3.8) is 0 Å². The number of carbonyl (C=O) groups excluding carboxylic acids is 1. The minimum Gasteiger partial charge on any atom is -0.351 e. The third-order valence-electron chi connectivity index (χ3n) is 1.94. The number of halogens is 1. The molecule has 4 heteroatoms. The van der Waals surface area contributed by atoms with Crippen molar-refractivity contribution >= 4 is 17.5 Å².